The van der Waals surface area contributed by atoms with E-state index in [9.17, 15) is 4.79 Å². The summed E-state index contributed by atoms with van der Waals surface area (Å²) >= 11 is 7.33. The maximum Gasteiger partial charge on any atom is 0.275 e. The third-order valence-corrected chi connectivity index (χ3v) is 4.74. The third kappa shape index (κ3) is 3.47. The first-order valence-corrected chi connectivity index (χ1v) is 8.67. The number of carbonyl (C=O) groups is 1. The summed E-state index contributed by atoms with van der Waals surface area (Å²) in [5.41, 5.74) is 4.79. The fraction of sp³-hybridized carbons (Fsp3) is 0.167. The minimum absolute atomic E-state index is 0.233. The monoisotopic (exact) mass is 357 g/mol. The van der Waals surface area contributed by atoms with Crippen LogP contribution in [0, 0.1) is 20.8 Å². The van der Waals surface area contributed by atoms with E-state index in [1.165, 1.54) is 11.3 Å². The number of benzene rings is 1. The molecule has 1 amide bonds. The van der Waals surface area contributed by atoms with Crippen LogP contribution in [0.15, 0.2) is 35.7 Å². The van der Waals surface area contributed by atoms with Gasteiger partial charge in [-0.2, -0.15) is 0 Å². The number of rotatable bonds is 3. The molecule has 3 aromatic rings. The van der Waals surface area contributed by atoms with Crippen molar-refractivity contribution in [3.8, 4) is 10.6 Å². The molecule has 2 aromatic heterocycles. The Balaban J connectivity index is 1.83. The molecule has 2 heterocycles. The second kappa shape index (κ2) is 6.71. The highest BCUT2D eigenvalue weighted by Crippen LogP contribution is 2.26. The molecule has 0 aliphatic heterocycles. The Kier molecular flexibility index (Phi) is 4.64. The summed E-state index contributed by atoms with van der Waals surface area (Å²) in [6.45, 7) is 5.78. The van der Waals surface area contributed by atoms with Gasteiger partial charge in [-0.1, -0.05) is 23.7 Å². The lowest BCUT2D eigenvalue weighted by atomic mass is 10.1. The van der Waals surface area contributed by atoms with Crippen LogP contribution < -0.4 is 5.32 Å². The van der Waals surface area contributed by atoms with Crippen LogP contribution in [-0.4, -0.2) is 15.9 Å². The molecule has 0 bridgehead atoms. The van der Waals surface area contributed by atoms with Crippen molar-refractivity contribution in [3.63, 3.8) is 0 Å². The number of pyridine rings is 1. The number of hydrogen-bond donors (Lipinski definition) is 1. The molecule has 0 radical (unpaired) electrons. The molecule has 3 rings (SSSR count). The van der Waals surface area contributed by atoms with Gasteiger partial charge in [0.2, 0.25) is 0 Å². The Morgan fingerprint density at radius 3 is 2.50 bits per heavy atom. The lowest BCUT2D eigenvalue weighted by molar-refractivity contribution is 0.102. The number of halogens is 1. The molecule has 1 aromatic carbocycles. The van der Waals surface area contributed by atoms with Crippen LogP contribution in [0.2, 0.25) is 5.02 Å². The average molecular weight is 358 g/mol. The number of nitrogens with zero attached hydrogens (tertiary/aromatic N) is 2. The van der Waals surface area contributed by atoms with Crippen LogP contribution in [0.3, 0.4) is 0 Å². The van der Waals surface area contributed by atoms with E-state index in [-0.39, 0.29) is 5.91 Å². The number of hydrogen-bond acceptors (Lipinski definition) is 4. The van der Waals surface area contributed by atoms with Crippen molar-refractivity contribution in [1.29, 1.82) is 0 Å². The smallest absolute Gasteiger partial charge is 0.275 e. The highest BCUT2D eigenvalue weighted by Gasteiger charge is 2.15. The largest absolute Gasteiger partial charge is 0.319 e. The second-order valence-electron chi connectivity index (χ2n) is 5.54. The number of anilines is 1. The maximum absolute atomic E-state index is 12.5. The molecule has 0 spiro atoms. The van der Waals surface area contributed by atoms with Gasteiger partial charge in [-0.15, -0.1) is 11.3 Å². The topological polar surface area (TPSA) is 54.9 Å². The van der Waals surface area contributed by atoms with Gasteiger partial charge in [0, 0.05) is 21.7 Å². The summed E-state index contributed by atoms with van der Waals surface area (Å²) in [5, 5.41) is 6.13. The minimum atomic E-state index is -0.233. The van der Waals surface area contributed by atoms with E-state index >= 15 is 0 Å². The number of aromatic nitrogens is 2. The molecule has 24 heavy (non-hydrogen) atoms. The van der Waals surface area contributed by atoms with Crippen LogP contribution in [0.5, 0.6) is 0 Å². The summed E-state index contributed by atoms with van der Waals surface area (Å²) < 4.78 is 0. The standard InChI is InChI=1S/C18H16ClN3OS/c1-10-8-11(2)20-12(3)16(10)22-17(23)15-9-24-18(21-15)13-4-6-14(19)7-5-13/h4-9H,1-3H3,(H,22,23). The van der Waals surface area contributed by atoms with Gasteiger partial charge in [0.1, 0.15) is 10.7 Å². The zero-order chi connectivity index (χ0) is 17.3. The molecule has 0 atom stereocenters. The van der Waals surface area contributed by atoms with Gasteiger partial charge in [-0.25, -0.2) is 4.98 Å². The van der Waals surface area contributed by atoms with Crippen LogP contribution in [0.1, 0.15) is 27.4 Å². The third-order valence-electron chi connectivity index (χ3n) is 3.59. The molecule has 4 nitrogen and oxygen atoms in total. The minimum Gasteiger partial charge on any atom is -0.319 e. The first kappa shape index (κ1) is 16.6. The molecule has 0 fully saturated rings. The Morgan fingerprint density at radius 1 is 1.12 bits per heavy atom. The molecular weight excluding hydrogens is 342 g/mol. The summed E-state index contributed by atoms with van der Waals surface area (Å²) in [6, 6.07) is 9.34. The van der Waals surface area contributed by atoms with Crippen molar-refractivity contribution in [2.75, 3.05) is 5.32 Å². The Hall–Kier alpha value is -2.24. The fourth-order valence-electron chi connectivity index (χ4n) is 2.49. The molecule has 0 saturated heterocycles. The first-order valence-electron chi connectivity index (χ1n) is 7.41. The van der Waals surface area contributed by atoms with E-state index in [0.29, 0.717) is 10.7 Å². The van der Waals surface area contributed by atoms with Gasteiger partial charge >= 0.3 is 0 Å². The van der Waals surface area contributed by atoms with Gasteiger partial charge in [-0.3, -0.25) is 9.78 Å². The molecule has 122 valence electrons. The quantitative estimate of drug-likeness (QED) is 0.714. The highest BCUT2D eigenvalue weighted by molar-refractivity contribution is 7.13. The number of nitrogens with one attached hydrogen (secondary N) is 1. The second-order valence-corrected chi connectivity index (χ2v) is 6.83. The number of amides is 1. The van der Waals surface area contributed by atoms with Gasteiger partial charge in [-0.05, 0) is 44.5 Å². The van der Waals surface area contributed by atoms with E-state index in [2.05, 4.69) is 15.3 Å². The van der Waals surface area contributed by atoms with E-state index in [4.69, 9.17) is 11.6 Å². The normalized spacial score (nSPS) is 10.7. The molecule has 6 heteroatoms. The van der Waals surface area contributed by atoms with Crippen molar-refractivity contribution in [1.82, 2.24) is 9.97 Å². The summed E-state index contributed by atoms with van der Waals surface area (Å²) in [6.07, 6.45) is 0. The zero-order valence-electron chi connectivity index (χ0n) is 13.6. The Labute approximate surface area is 149 Å². The van der Waals surface area contributed by atoms with Crippen molar-refractivity contribution in [3.05, 3.63) is 63.4 Å². The number of aryl methyl sites for hydroxylation is 3. The fourth-order valence-corrected chi connectivity index (χ4v) is 3.43. The first-order chi connectivity index (χ1) is 11.4. The summed E-state index contributed by atoms with van der Waals surface area (Å²) in [5.74, 6) is -0.233. The van der Waals surface area contributed by atoms with Gasteiger partial charge < -0.3 is 5.32 Å². The summed E-state index contributed by atoms with van der Waals surface area (Å²) in [4.78, 5) is 21.3. The van der Waals surface area contributed by atoms with Crippen LogP contribution in [0.4, 0.5) is 5.69 Å². The van der Waals surface area contributed by atoms with Crippen LogP contribution in [0.25, 0.3) is 10.6 Å². The van der Waals surface area contributed by atoms with Crippen molar-refractivity contribution < 1.29 is 4.79 Å². The average Bonchev–Trinajstić information content (AvgIpc) is 3.01. The molecular formula is C18H16ClN3OS. The zero-order valence-corrected chi connectivity index (χ0v) is 15.1. The van der Waals surface area contributed by atoms with Crippen LogP contribution >= 0.6 is 22.9 Å². The van der Waals surface area contributed by atoms with E-state index in [0.717, 1.165) is 33.2 Å². The van der Waals surface area contributed by atoms with Gasteiger partial charge in [0.05, 0.1) is 11.4 Å². The SMILES string of the molecule is Cc1cc(C)c(NC(=O)c2csc(-c3ccc(Cl)cc3)n2)c(C)n1. The van der Waals surface area contributed by atoms with E-state index < -0.39 is 0 Å². The lowest BCUT2D eigenvalue weighted by Gasteiger charge is -2.11. The predicted molar refractivity (Wildman–Crippen MR) is 99.0 cm³/mol. The number of thiazole rings is 1. The Bertz CT molecular complexity index is 880. The highest BCUT2D eigenvalue weighted by atomic mass is 35.5. The molecule has 0 saturated carbocycles. The Morgan fingerprint density at radius 2 is 1.83 bits per heavy atom. The van der Waals surface area contributed by atoms with E-state index in [1.54, 1.807) is 5.38 Å². The number of carbonyl (C=O) groups excluding carboxylic acids is 1. The molecule has 0 unspecified atom stereocenters. The van der Waals surface area contributed by atoms with Crippen molar-refractivity contribution in [2.24, 2.45) is 0 Å². The van der Waals surface area contributed by atoms with Gasteiger partial charge in [0.15, 0.2) is 0 Å². The summed E-state index contributed by atoms with van der Waals surface area (Å²) in [7, 11) is 0. The molecule has 0 aliphatic rings. The predicted octanol–water partition coefficient (Wildman–Crippen LogP) is 5.04. The van der Waals surface area contributed by atoms with E-state index in [1.807, 2.05) is 51.1 Å². The van der Waals surface area contributed by atoms with Crippen molar-refractivity contribution >= 4 is 34.5 Å². The van der Waals surface area contributed by atoms with Crippen molar-refractivity contribution in [2.45, 2.75) is 20.8 Å². The van der Waals surface area contributed by atoms with Crippen LogP contribution in [-0.2, 0) is 0 Å². The molecule has 1 N–H and O–H groups in total. The lowest BCUT2D eigenvalue weighted by Crippen LogP contribution is -2.15. The maximum atomic E-state index is 12.5. The molecule has 0 aliphatic carbocycles. The van der Waals surface area contributed by atoms with Gasteiger partial charge in [0.25, 0.3) is 5.91 Å².